The zero-order valence-electron chi connectivity index (χ0n) is 13.6. The lowest BCUT2D eigenvalue weighted by Crippen LogP contribution is -2.16. The van der Waals surface area contributed by atoms with E-state index >= 15 is 0 Å². The Bertz CT molecular complexity index is 570. The SMILES string of the molecule is CC(C)c1ccc(C(N)Cc2ccccc2)c(C(C)C)c1. The van der Waals surface area contributed by atoms with Gasteiger partial charge in [0.1, 0.15) is 0 Å². The van der Waals surface area contributed by atoms with Crippen molar-refractivity contribution in [2.75, 3.05) is 0 Å². The second-order valence-corrected chi connectivity index (χ2v) is 6.49. The third kappa shape index (κ3) is 3.95. The summed E-state index contributed by atoms with van der Waals surface area (Å²) in [5, 5.41) is 0. The second kappa shape index (κ2) is 6.91. The maximum Gasteiger partial charge on any atom is 0.0338 e. The molecular formula is C20H27N. The molecule has 0 bridgehead atoms. The number of benzene rings is 2. The van der Waals surface area contributed by atoms with Crippen LogP contribution in [0.4, 0.5) is 0 Å². The Hall–Kier alpha value is -1.60. The molecule has 0 aliphatic carbocycles. The molecule has 2 aromatic rings. The van der Waals surface area contributed by atoms with Gasteiger partial charge in [0.15, 0.2) is 0 Å². The first-order chi connectivity index (χ1) is 9.99. The van der Waals surface area contributed by atoms with Gasteiger partial charge in [-0.2, -0.15) is 0 Å². The number of hydrogen-bond acceptors (Lipinski definition) is 1. The van der Waals surface area contributed by atoms with Crippen molar-refractivity contribution in [3.8, 4) is 0 Å². The van der Waals surface area contributed by atoms with Crippen LogP contribution in [0.1, 0.15) is 67.8 Å². The molecule has 2 rings (SSSR count). The zero-order chi connectivity index (χ0) is 15.4. The lowest BCUT2D eigenvalue weighted by Gasteiger charge is -2.21. The van der Waals surface area contributed by atoms with Gasteiger partial charge in [-0.25, -0.2) is 0 Å². The molecule has 2 aromatic carbocycles. The molecule has 1 heteroatoms. The highest BCUT2D eigenvalue weighted by Crippen LogP contribution is 2.29. The zero-order valence-corrected chi connectivity index (χ0v) is 13.6. The number of hydrogen-bond donors (Lipinski definition) is 1. The van der Waals surface area contributed by atoms with Crippen molar-refractivity contribution in [3.63, 3.8) is 0 Å². The lowest BCUT2D eigenvalue weighted by atomic mass is 9.87. The summed E-state index contributed by atoms with van der Waals surface area (Å²) in [6.07, 6.45) is 0.890. The number of rotatable bonds is 5. The van der Waals surface area contributed by atoms with Gasteiger partial charge in [-0.3, -0.25) is 0 Å². The summed E-state index contributed by atoms with van der Waals surface area (Å²) >= 11 is 0. The van der Waals surface area contributed by atoms with Crippen LogP contribution >= 0.6 is 0 Å². The molecule has 0 saturated carbocycles. The van der Waals surface area contributed by atoms with Crippen molar-refractivity contribution in [1.82, 2.24) is 0 Å². The van der Waals surface area contributed by atoms with Gasteiger partial charge in [-0.15, -0.1) is 0 Å². The summed E-state index contributed by atoms with van der Waals surface area (Å²) in [5.41, 5.74) is 11.9. The molecule has 1 atom stereocenters. The van der Waals surface area contributed by atoms with Crippen molar-refractivity contribution in [2.24, 2.45) is 5.73 Å². The van der Waals surface area contributed by atoms with E-state index in [1.54, 1.807) is 0 Å². The van der Waals surface area contributed by atoms with Crippen molar-refractivity contribution < 1.29 is 0 Å². The third-order valence-corrected chi connectivity index (χ3v) is 4.10. The highest BCUT2D eigenvalue weighted by Gasteiger charge is 2.15. The van der Waals surface area contributed by atoms with E-state index in [9.17, 15) is 0 Å². The maximum atomic E-state index is 6.49. The molecule has 0 radical (unpaired) electrons. The third-order valence-electron chi connectivity index (χ3n) is 4.10. The molecule has 1 unspecified atom stereocenters. The van der Waals surface area contributed by atoms with Gasteiger partial charge in [-0.05, 0) is 40.5 Å². The van der Waals surface area contributed by atoms with E-state index in [1.165, 1.54) is 22.3 Å². The first-order valence-corrected chi connectivity index (χ1v) is 7.92. The van der Waals surface area contributed by atoms with Crippen LogP contribution in [-0.4, -0.2) is 0 Å². The average Bonchev–Trinajstić information content (AvgIpc) is 2.47. The quantitative estimate of drug-likeness (QED) is 0.803. The fourth-order valence-corrected chi connectivity index (χ4v) is 2.77. The minimum atomic E-state index is 0.0611. The van der Waals surface area contributed by atoms with Crippen LogP contribution in [0.5, 0.6) is 0 Å². The predicted octanol–water partition coefficient (Wildman–Crippen LogP) is 5.18. The van der Waals surface area contributed by atoms with E-state index in [1.807, 2.05) is 6.07 Å². The predicted molar refractivity (Wildman–Crippen MR) is 91.7 cm³/mol. The molecule has 0 fully saturated rings. The average molecular weight is 281 g/mol. The van der Waals surface area contributed by atoms with Gasteiger partial charge < -0.3 is 5.73 Å². The van der Waals surface area contributed by atoms with Gasteiger partial charge >= 0.3 is 0 Å². The Labute approximate surface area is 129 Å². The van der Waals surface area contributed by atoms with Crippen molar-refractivity contribution >= 4 is 0 Å². The molecule has 0 aliphatic rings. The van der Waals surface area contributed by atoms with Crippen LogP contribution < -0.4 is 5.73 Å². The van der Waals surface area contributed by atoms with Crippen molar-refractivity contribution in [3.05, 3.63) is 70.8 Å². The van der Waals surface area contributed by atoms with Gasteiger partial charge in [-0.1, -0.05) is 76.2 Å². The Morgan fingerprint density at radius 2 is 1.48 bits per heavy atom. The fraction of sp³-hybridized carbons (Fsp3) is 0.400. The fourth-order valence-electron chi connectivity index (χ4n) is 2.77. The van der Waals surface area contributed by atoms with Crippen LogP contribution in [0, 0.1) is 0 Å². The van der Waals surface area contributed by atoms with Gasteiger partial charge in [0.05, 0.1) is 0 Å². The summed E-state index contributed by atoms with van der Waals surface area (Å²) < 4.78 is 0. The van der Waals surface area contributed by atoms with Crippen LogP contribution in [-0.2, 0) is 6.42 Å². The van der Waals surface area contributed by atoms with Gasteiger partial charge in [0, 0.05) is 6.04 Å². The molecule has 112 valence electrons. The molecule has 0 saturated heterocycles. The van der Waals surface area contributed by atoms with E-state index in [-0.39, 0.29) is 6.04 Å². The van der Waals surface area contributed by atoms with Gasteiger partial charge in [0.2, 0.25) is 0 Å². The Balaban J connectivity index is 2.29. The van der Waals surface area contributed by atoms with Crippen molar-refractivity contribution in [2.45, 2.75) is 52.0 Å². The molecular weight excluding hydrogens is 254 g/mol. The molecule has 2 N–H and O–H groups in total. The molecule has 1 nitrogen and oxygen atoms in total. The van der Waals surface area contributed by atoms with Crippen LogP contribution in [0.2, 0.25) is 0 Å². The summed E-state index contributed by atoms with van der Waals surface area (Å²) in [5.74, 6) is 1.06. The van der Waals surface area contributed by atoms with E-state index in [4.69, 9.17) is 5.73 Å². The van der Waals surface area contributed by atoms with Crippen molar-refractivity contribution in [1.29, 1.82) is 0 Å². The molecule has 0 amide bonds. The molecule has 0 spiro atoms. The standard InChI is InChI=1S/C20H27N/c1-14(2)17-10-11-18(19(13-17)15(3)4)20(21)12-16-8-6-5-7-9-16/h5-11,13-15,20H,12,21H2,1-4H3. The first kappa shape index (κ1) is 15.8. The first-order valence-electron chi connectivity index (χ1n) is 7.92. The summed E-state index contributed by atoms with van der Waals surface area (Å²) in [6.45, 7) is 8.97. The minimum absolute atomic E-state index is 0.0611. The Kier molecular flexibility index (Phi) is 5.19. The van der Waals surface area contributed by atoms with E-state index in [0.29, 0.717) is 11.8 Å². The monoisotopic (exact) mass is 281 g/mol. The molecule has 21 heavy (non-hydrogen) atoms. The Morgan fingerprint density at radius 1 is 0.810 bits per heavy atom. The molecule has 0 heterocycles. The molecule has 0 aromatic heterocycles. The summed E-state index contributed by atoms with van der Waals surface area (Å²) in [4.78, 5) is 0. The smallest absolute Gasteiger partial charge is 0.0338 e. The largest absolute Gasteiger partial charge is 0.324 e. The highest BCUT2D eigenvalue weighted by atomic mass is 14.6. The lowest BCUT2D eigenvalue weighted by molar-refractivity contribution is 0.694. The Morgan fingerprint density at radius 3 is 2.05 bits per heavy atom. The minimum Gasteiger partial charge on any atom is -0.324 e. The second-order valence-electron chi connectivity index (χ2n) is 6.49. The summed E-state index contributed by atoms with van der Waals surface area (Å²) in [6, 6.07) is 17.4. The summed E-state index contributed by atoms with van der Waals surface area (Å²) in [7, 11) is 0. The normalized spacial score (nSPS) is 12.9. The van der Waals surface area contributed by atoms with Crippen LogP contribution in [0.15, 0.2) is 48.5 Å². The highest BCUT2D eigenvalue weighted by molar-refractivity contribution is 5.38. The van der Waals surface area contributed by atoms with E-state index < -0.39 is 0 Å². The van der Waals surface area contributed by atoms with Crippen LogP contribution in [0.25, 0.3) is 0 Å². The van der Waals surface area contributed by atoms with Crippen LogP contribution in [0.3, 0.4) is 0 Å². The maximum absolute atomic E-state index is 6.49. The van der Waals surface area contributed by atoms with Gasteiger partial charge in [0.25, 0.3) is 0 Å². The molecule has 0 aliphatic heterocycles. The van der Waals surface area contributed by atoms with E-state index in [0.717, 1.165) is 6.42 Å². The topological polar surface area (TPSA) is 26.0 Å². The van der Waals surface area contributed by atoms with E-state index in [2.05, 4.69) is 70.2 Å². The number of nitrogens with two attached hydrogens (primary N) is 1.